The number of anilines is 1. The number of morpholine rings is 1. The van der Waals surface area contributed by atoms with E-state index < -0.39 is 5.97 Å². The van der Waals surface area contributed by atoms with Crippen LogP contribution in [0.1, 0.15) is 46.5 Å². The largest absolute Gasteiger partial charge is 0.492 e. The predicted molar refractivity (Wildman–Crippen MR) is 152 cm³/mol. The van der Waals surface area contributed by atoms with E-state index in [0.717, 1.165) is 40.6 Å². The van der Waals surface area contributed by atoms with Gasteiger partial charge in [0.05, 0.1) is 36.3 Å². The van der Waals surface area contributed by atoms with Crippen molar-refractivity contribution in [1.29, 1.82) is 0 Å². The van der Waals surface area contributed by atoms with Crippen LogP contribution in [0.3, 0.4) is 0 Å². The molecule has 0 aliphatic carbocycles. The van der Waals surface area contributed by atoms with Crippen LogP contribution in [-0.4, -0.2) is 60.7 Å². The second kappa shape index (κ2) is 10.6. The Balaban J connectivity index is 1.42. The maximum Gasteiger partial charge on any atom is 0.331 e. The molecule has 1 fully saturated rings. The molecule has 6 rings (SSSR count). The number of oxime groups is 1. The van der Waals surface area contributed by atoms with Crippen LogP contribution in [0.15, 0.2) is 59.8 Å². The molecule has 0 N–H and O–H groups in total. The molecule has 204 valence electrons. The summed E-state index contributed by atoms with van der Waals surface area (Å²) in [6.45, 7) is 7.24. The first-order valence-electron chi connectivity index (χ1n) is 13.4. The van der Waals surface area contributed by atoms with Crippen LogP contribution in [0, 0.1) is 0 Å². The number of hydrogen-bond donors (Lipinski definition) is 0. The molecular formula is C31H29N3O6. The lowest BCUT2D eigenvalue weighted by Gasteiger charge is -2.28. The van der Waals surface area contributed by atoms with E-state index in [1.807, 2.05) is 48.5 Å². The molecule has 3 aromatic carbocycles. The highest BCUT2D eigenvalue weighted by Gasteiger charge is 2.28. The Bertz CT molecular complexity index is 1680. The summed E-state index contributed by atoms with van der Waals surface area (Å²) < 4.78 is 13.7. The summed E-state index contributed by atoms with van der Waals surface area (Å²) in [5.41, 5.74) is 4.56. The Morgan fingerprint density at radius 1 is 0.950 bits per heavy atom. The smallest absolute Gasteiger partial charge is 0.331 e. The van der Waals surface area contributed by atoms with Gasteiger partial charge >= 0.3 is 5.97 Å². The SMILES string of the molecule is CCn1c2ccc(C(=O)c3ccc(N4CCOCC4)cc3)cc2c2c3c(ccc21)C(=O)/C(=N/OC(C)=O)CCO3. The maximum absolute atomic E-state index is 13.6. The minimum absolute atomic E-state index is 0.0809. The third-order valence-electron chi connectivity index (χ3n) is 7.44. The zero-order chi connectivity index (χ0) is 27.8. The molecule has 0 radical (unpaired) electrons. The Morgan fingerprint density at radius 2 is 1.68 bits per heavy atom. The molecule has 0 unspecified atom stereocenters. The Labute approximate surface area is 230 Å². The van der Waals surface area contributed by atoms with Gasteiger partial charge < -0.3 is 23.8 Å². The molecule has 0 bridgehead atoms. The van der Waals surface area contributed by atoms with Crippen molar-refractivity contribution in [2.24, 2.45) is 5.16 Å². The molecule has 0 saturated carbocycles. The number of aryl methyl sites for hydroxylation is 1. The summed E-state index contributed by atoms with van der Waals surface area (Å²) in [5, 5.41) is 5.37. The maximum atomic E-state index is 13.6. The monoisotopic (exact) mass is 539 g/mol. The van der Waals surface area contributed by atoms with Gasteiger partial charge in [-0.2, -0.15) is 0 Å². The predicted octanol–water partition coefficient (Wildman–Crippen LogP) is 4.77. The first-order valence-corrected chi connectivity index (χ1v) is 13.4. The lowest BCUT2D eigenvalue weighted by molar-refractivity contribution is -0.140. The molecule has 0 atom stereocenters. The lowest BCUT2D eigenvalue weighted by Crippen LogP contribution is -2.36. The highest BCUT2D eigenvalue weighted by Crippen LogP contribution is 2.40. The number of aromatic nitrogens is 1. The summed E-state index contributed by atoms with van der Waals surface area (Å²) in [5.74, 6) is -0.574. The summed E-state index contributed by atoms with van der Waals surface area (Å²) >= 11 is 0. The van der Waals surface area contributed by atoms with Gasteiger partial charge in [0.25, 0.3) is 0 Å². The van der Waals surface area contributed by atoms with E-state index in [-0.39, 0.29) is 30.3 Å². The first-order chi connectivity index (χ1) is 19.5. The van der Waals surface area contributed by atoms with Crippen LogP contribution in [-0.2, 0) is 20.9 Å². The van der Waals surface area contributed by atoms with Crippen molar-refractivity contribution in [3.63, 3.8) is 0 Å². The Kier molecular flexibility index (Phi) is 6.81. The number of nitrogens with zero attached hydrogens (tertiary/aromatic N) is 3. The molecular weight excluding hydrogens is 510 g/mol. The normalized spacial score (nSPS) is 16.6. The molecule has 0 amide bonds. The van der Waals surface area contributed by atoms with Gasteiger partial charge in [0.2, 0.25) is 5.78 Å². The Hall–Kier alpha value is -4.50. The Morgan fingerprint density at radius 3 is 2.40 bits per heavy atom. The topological polar surface area (TPSA) is 99.4 Å². The molecule has 0 spiro atoms. The molecule has 2 aliphatic rings. The number of benzene rings is 3. The third-order valence-corrected chi connectivity index (χ3v) is 7.44. The summed E-state index contributed by atoms with van der Waals surface area (Å²) in [7, 11) is 0. The van der Waals surface area contributed by atoms with Crippen LogP contribution < -0.4 is 9.64 Å². The van der Waals surface area contributed by atoms with Crippen molar-refractivity contribution in [3.8, 4) is 5.75 Å². The average Bonchev–Trinajstić information content (AvgIpc) is 3.22. The number of carbonyl (C=O) groups excluding carboxylic acids is 3. The molecule has 2 aliphatic heterocycles. The first kappa shape index (κ1) is 25.8. The van der Waals surface area contributed by atoms with E-state index >= 15 is 0 Å². The summed E-state index contributed by atoms with van der Waals surface area (Å²) in [4.78, 5) is 45.2. The van der Waals surface area contributed by atoms with Crippen LogP contribution in [0.2, 0.25) is 0 Å². The van der Waals surface area contributed by atoms with E-state index in [9.17, 15) is 14.4 Å². The van der Waals surface area contributed by atoms with E-state index in [1.165, 1.54) is 6.92 Å². The van der Waals surface area contributed by atoms with Gasteiger partial charge in [-0.25, -0.2) is 4.79 Å². The zero-order valence-corrected chi connectivity index (χ0v) is 22.4. The number of ether oxygens (including phenoxy) is 2. The van der Waals surface area contributed by atoms with Crippen molar-refractivity contribution in [3.05, 3.63) is 71.3 Å². The molecule has 40 heavy (non-hydrogen) atoms. The van der Waals surface area contributed by atoms with Gasteiger partial charge in [0, 0.05) is 60.7 Å². The van der Waals surface area contributed by atoms with Gasteiger partial charge in [-0.3, -0.25) is 9.59 Å². The number of rotatable bonds is 5. The second-order valence-corrected chi connectivity index (χ2v) is 9.84. The van der Waals surface area contributed by atoms with Gasteiger partial charge in [0.1, 0.15) is 11.5 Å². The fourth-order valence-corrected chi connectivity index (χ4v) is 5.51. The van der Waals surface area contributed by atoms with Gasteiger partial charge in [-0.15, -0.1) is 0 Å². The third kappa shape index (κ3) is 4.52. The molecule has 4 aromatic rings. The van der Waals surface area contributed by atoms with Crippen LogP contribution in [0.25, 0.3) is 21.8 Å². The van der Waals surface area contributed by atoms with Crippen molar-refractivity contribution in [1.82, 2.24) is 4.57 Å². The van der Waals surface area contributed by atoms with Crippen LogP contribution >= 0.6 is 0 Å². The van der Waals surface area contributed by atoms with Gasteiger partial charge in [-0.1, -0.05) is 5.16 Å². The van der Waals surface area contributed by atoms with Crippen molar-refractivity contribution in [2.75, 3.05) is 37.8 Å². The van der Waals surface area contributed by atoms with Crippen LogP contribution in [0.4, 0.5) is 5.69 Å². The molecule has 1 saturated heterocycles. The number of carbonyl (C=O) groups is 3. The highest BCUT2D eigenvalue weighted by atomic mass is 16.7. The molecule has 9 nitrogen and oxygen atoms in total. The van der Waals surface area contributed by atoms with Crippen molar-refractivity contribution >= 4 is 50.7 Å². The number of Topliss-reactive ketones (excluding diaryl/α,β-unsaturated/α-hetero) is 1. The minimum atomic E-state index is -0.597. The van der Waals surface area contributed by atoms with E-state index in [1.54, 1.807) is 6.07 Å². The van der Waals surface area contributed by atoms with Crippen molar-refractivity contribution in [2.45, 2.75) is 26.8 Å². The summed E-state index contributed by atoms with van der Waals surface area (Å²) in [6.07, 6.45) is 0.207. The molecule has 3 heterocycles. The number of ketones is 2. The fourth-order valence-electron chi connectivity index (χ4n) is 5.51. The van der Waals surface area contributed by atoms with Crippen molar-refractivity contribution < 1.29 is 28.7 Å². The average molecular weight is 540 g/mol. The molecule has 9 heteroatoms. The van der Waals surface area contributed by atoms with Crippen LogP contribution in [0.5, 0.6) is 5.75 Å². The van der Waals surface area contributed by atoms with E-state index in [2.05, 4.69) is 21.5 Å². The molecule has 1 aromatic heterocycles. The lowest BCUT2D eigenvalue weighted by atomic mass is 9.98. The zero-order valence-electron chi connectivity index (χ0n) is 22.4. The van der Waals surface area contributed by atoms with E-state index in [4.69, 9.17) is 14.3 Å². The number of hydrogen-bond acceptors (Lipinski definition) is 8. The highest BCUT2D eigenvalue weighted by molar-refractivity contribution is 6.47. The minimum Gasteiger partial charge on any atom is -0.492 e. The van der Waals surface area contributed by atoms with Gasteiger partial charge in [0.15, 0.2) is 5.78 Å². The number of fused-ring (bicyclic) bond motifs is 5. The fraction of sp³-hybridized carbons (Fsp3) is 0.290. The second-order valence-electron chi connectivity index (χ2n) is 9.84. The summed E-state index contributed by atoms with van der Waals surface area (Å²) in [6, 6.07) is 17.0. The van der Waals surface area contributed by atoms with Gasteiger partial charge in [-0.05, 0) is 61.5 Å². The standard InChI is InChI=1S/C31H29N3O6/c1-3-34-26-10-6-21(29(36)20-4-7-22(8-5-20)33-13-16-38-17-14-33)18-24(26)28-27(34)11-9-23-30(37)25(32-40-19(2)35)12-15-39-31(23)28/h4-11,18H,3,12-17H2,1-2H3/b32-25+. The quantitative estimate of drug-likeness (QED) is 0.205. The van der Waals surface area contributed by atoms with E-state index in [0.29, 0.717) is 42.2 Å².